The van der Waals surface area contributed by atoms with E-state index in [0.29, 0.717) is 5.41 Å². The molecule has 0 fully saturated rings. The summed E-state index contributed by atoms with van der Waals surface area (Å²) in [5.41, 5.74) is 1.37. The SMILES string of the molecule is CC(C)(C)CCCC(CO)c1ccc(F)cc1. The van der Waals surface area contributed by atoms with Crippen molar-refractivity contribution in [1.29, 1.82) is 0 Å². The maximum absolute atomic E-state index is 12.8. The number of aliphatic hydroxyl groups excluding tert-OH is 1. The van der Waals surface area contributed by atoms with Gasteiger partial charge in [0.1, 0.15) is 5.82 Å². The van der Waals surface area contributed by atoms with Crippen LogP contribution in [0.25, 0.3) is 0 Å². The van der Waals surface area contributed by atoms with E-state index in [4.69, 9.17) is 0 Å². The first-order valence-electron chi connectivity index (χ1n) is 6.29. The van der Waals surface area contributed by atoms with Crippen molar-refractivity contribution in [3.05, 3.63) is 35.6 Å². The number of aliphatic hydroxyl groups is 1. The molecule has 1 aromatic rings. The van der Waals surface area contributed by atoms with Crippen LogP contribution < -0.4 is 0 Å². The molecule has 0 heterocycles. The average molecular weight is 238 g/mol. The van der Waals surface area contributed by atoms with E-state index in [9.17, 15) is 9.50 Å². The Bertz CT molecular complexity index is 324. The van der Waals surface area contributed by atoms with Crippen LogP contribution in [0.15, 0.2) is 24.3 Å². The molecule has 0 bridgehead atoms. The summed E-state index contributed by atoms with van der Waals surface area (Å²) in [5, 5.41) is 9.38. The van der Waals surface area contributed by atoms with Crippen LogP contribution in [0.1, 0.15) is 51.5 Å². The van der Waals surface area contributed by atoms with Crippen LogP contribution in [-0.2, 0) is 0 Å². The summed E-state index contributed by atoms with van der Waals surface area (Å²) in [6, 6.07) is 6.46. The molecule has 0 aromatic heterocycles. The standard InChI is InChI=1S/C15H23FO/c1-15(2,3)10-4-5-13(11-17)12-6-8-14(16)9-7-12/h6-9,13,17H,4-5,10-11H2,1-3H3. The summed E-state index contributed by atoms with van der Waals surface area (Å²) in [5.74, 6) is -0.0851. The summed E-state index contributed by atoms with van der Waals surface area (Å²) in [6.45, 7) is 6.80. The third-order valence-corrected chi connectivity index (χ3v) is 3.04. The molecule has 17 heavy (non-hydrogen) atoms. The second-order valence-corrected chi connectivity index (χ2v) is 5.88. The fraction of sp³-hybridized carbons (Fsp3) is 0.600. The maximum Gasteiger partial charge on any atom is 0.123 e. The first-order valence-corrected chi connectivity index (χ1v) is 6.29. The van der Waals surface area contributed by atoms with E-state index in [1.807, 2.05) is 0 Å². The molecule has 1 N–H and O–H groups in total. The van der Waals surface area contributed by atoms with E-state index < -0.39 is 0 Å². The van der Waals surface area contributed by atoms with Gasteiger partial charge < -0.3 is 5.11 Å². The molecule has 1 unspecified atom stereocenters. The molecule has 1 nitrogen and oxygen atoms in total. The van der Waals surface area contributed by atoms with E-state index in [1.165, 1.54) is 12.1 Å². The van der Waals surface area contributed by atoms with Crippen LogP contribution in [0.2, 0.25) is 0 Å². The number of benzene rings is 1. The number of hydrogen-bond acceptors (Lipinski definition) is 1. The van der Waals surface area contributed by atoms with Crippen molar-refractivity contribution in [3.8, 4) is 0 Å². The van der Waals surface area contributed by atoms with E-state index in [1.54, 1.807) is 12.1 Å². The van der Waals surface area contributed by atoms with Gasteiger partial charge in [0, 0.05) is 12.5 Å². The number of halogens is 1. The topological polar surface area (TPSA) is 20.2 Å². The summed E-state index contributed by atoms with van der Waals surface area (Å²) in [4.78, 5) is 0. The van der Waals surface area contributed by atoms with Crippen molar-refractivity contribution < 1.29 is 9.50 Å². The van der Waals surface area contributed by atoms with Crippen molar-refractivity contribution in [2.24, 2.45) is 5.41 Å². The number of hydrogen-bond donors (Lipinski definition) is 1. The quantitative estimate of drug-likeness (QED) is 0.818. The highest BCUT2D eigenvalue weighted by Gasteiger charge is 2.14. The van der Waals surface area contributed by atoms with Crippen LogP contribution in [0.5, 0.6) is 0 Å². The van der Waals surface area contributed by atoms with Crippen molar-refractivity contribution in [1.82, 2.24) is 0 Å². The van der Waals surface area contributed by atoms with Gasteiger partial charge >= 0.3 is 0 Å². The molecular formula is C15H23FO. The van der Waals surface area contributed by atoms with Gasteiger partial charge in [-0.2, -0.15) is 0 Å². The Hall–Kier alpha value is -0.890. The van der Waals surface area contributed by atoms with E-state index >= 15 is 0 Å². The largest absolute Gasteiger partial charge is 0.396 e. The van der Waals surface area contributed by atoms with Crippen LogP contribution in [0.4, 0.5) is 4.39 Å². The van der Waals surface area contributed by atoms with Gasteiger partial charge in [-0.3, -0.25) is 0 Å². The van der Waals surface area contributed by atoms with Gasteiger partial charge in [0.15, 0.2) is 0 Å². The lowest BCUT2D eigenvalue weighted by atomic mass is 9.86. The average Bonchev–Trinajstić information content (AvgIpc) is 2.24. The van der Waals surface area contributed by atoms with Gasteiger partial charge in [0.2, 0.25) is 0 Å². The Morgan fingerprint density at radius 3 is 2.24 bits per heavy atom. The summed E-state index contributed by atoms with van der Waals surface area (Å²) in [6.07, 6.45) is 3.19. The van der Waals surface area contributed by atoms with Crippen molar-refractivity contribution in [2.45, 2.75) is 46.0 Å². The Balaban J connectivity index is 2.51. The third kappa shape index (κ3) is 5.31. The van der Waals surface area contributed by atoms with Crippen LogP contribution in [0, 0.1) is 11.2 Å². The first-order chi connectivity index (χ1) is 7.92. The Labute approximate surface area is 104 Å². The molecule has 0 saturated carbocycles. The van der Waals surface area contributed by atoms with Gasteiger partial charge in [-0.25, -0.2) is 4.39 Å². The monoisotopic (exact) mass is 238 g/mol. The predicted octanol–water partition coefficient (Wildman–Crippen LogP) is 4.12. The molecule has 0 saturated heterocycles. The molecule has 2 heteroatoms. The van der Waals surface area contributed by atoms with Crippen LogP contribution in [0.3, 0.4) is 0 Å². The lowest BCUT2D eigenvalue weighted by Gasteiger charge is -2.20. The molecule has 0 aliphatic heterocycles. The highest BCUT2D eigenvalue weighted by Crippen LogP contribution is 2.27. The molecular weight excluding hydrogens is 215 g/mol. The third-order valence-electron chi connectivity index (χ3n) is 3.04. The number of rotatable bonds is 5. The van der Waals surface area contributed by atoms with Gasteiger partial charge in [-0.1, -0.05) is 39.3 Å². The lowest BCUT2D eigenvalue weighted by Crippen LogP contribution is -2.08. The Morgan fingerprint density at radius 1 is 1.18 bits per heavy atom. The lowest BCUT2D eigenvalue weighted by molar-refractivity contribution is 0.249. The van der Waals surface area contributed by atoms with Gasteiger partial charge in [-0.15, -0.1) is 0 Å². The molecule has 0 radical (unpaired) electrons. The molecule has 96 valence electrons. The normalized spacial score (nSPS) is 13.7. The highest BCUT2D eigenvalue weighted by molar-refractivity contribution is 5.20. The Morgan fingerprint density at radius 2 is 1.76 bits per heavy atom. The minimum Gasteiger partial charge on any atom is -0.396 e. The zero-order valence-corrected chi connectivity index (χ0v) is 11.0. The van der Waals surface area contributed by atoms with E-state index in [2.05, 4.69) is 20.8 Å². The van der Waals surface area contributed by atoms with E-state index in [-0.39, 0.29) is 18.3 Å². The second kappa shape index (κ2) is 6.15. The van der Waals surface area contributed by atoms with Crippen LogP contribution >= 0.6 is 0 Å². The summed E-state index contributed by atoms with van der Waals surface area (Å²) < 4.78 is 12.8. The van der Waals surface area contributed by atoms with Crippen LogP contribution in [-0.4, -0.2) is 11.7 Å². The molecule has 0 aliphatic carbocycles. The zero-order chi connectivity index (χ0) is 12.9. The minimum absolute atomic E-state index is 0.135. The molecule has 0 spiro atoms. The molecule has 1 rings (SSSR count). The molecule has 1 aromatic carbocycles. The predicted molar refractivity (Wildman–Crippen MR) is 69.5 cm³/mol. The molecule has 0 aliphatic rings. The first kappa shape index (κ1) is 14.2. The van der Waals surface area contributed by atoms with E-state index in [0.717, 1.165) is 24.8 Å². The molecule has 0 amide bonds. The minimum atomic E-state index is -0.222. The zero-order valence-electron chi connectivity index (χ0n) is 11.0. The highest BCUT2D eigenvalue weighted by atomic mass is 19.1. The molecule has 1 atom stereocenters. The van der Waals surface area contributed by atoms with Crippen molar-refractivity contribution >= 4 is 0 Å². The summed E-state index contributed by atoms with van der Waals surface area (Å²) in [7, 11) is 0. The smallest absolute Gasteiger partial charge is 0.123 e. The van der Waals surface area contributed by atoms with Crippen molar-refractivity contribution in [2.75, 3.05) is 6.61 Å². The van der Waals surface area contributed by atoms with Gasteiger partial charge in [-0.05, 0) is 36.0 Å². The fourth-order valence-electron chi connectivity index (χ4n) is 1.98. The Kier molecular flexibility index (Phi) is 5.13. The summed E-state index contributed by atoms with van der Waals surface area (Å²) >= 11 is 0. The second-order valence-electron chi connectivity index (χ2n) is 5.88. The fourth-order valence-corrected chi connectivity index (χ4v) is 1.98. The van der Waals surface area contributed by atoms with Gasteiger partial charge in [0.25, 0.3) is 0 Å². The maximum atomic E-state index is 12.8. The van der Waals surface area contributed by atoms with Crippen molar-refractivity contribution in [3.63, 3.8) is 0 Å². The van der Waals surface area contributed by atoms with Gasteiger partial charge in [0.05, 0.1) is 0 Å².